The molecule has 0 saturated carbocycles. The summed E-state index contributed by atoms with van der Waals surface area (Å²) < 4.78 is 5.38. The molecule has 1 unspecified atom stereocenters. The summed E-state index contributed by atoms with van der Waals surface area (Å²) in [6.07, 6.45) is 11.7. The Morgan fingerprint density at radius 1 is 1.30 bits per heavy atom. The summed E-state index contributed by atoms with van der Waals surface area (Å²) in [5.74, 6) is -0.214. The number of hydrogen-bond acceptors (Lipinski definition) is 3. The highest BCUT2D eigenvalue weighted by Gasteiger charge is 2.21. The number of rotatable bonds is 8. The van der Waals surface area contributed by atoms with Gasteiger partial charge in [-0.2, -0.15) is 0 Å². The van der Waals surface area contributed by atoms with Crippen molar-refractivity contribution in [3.05, 3.63) is 48.0 Å². The fourth-order valence-corrected chi connectivity index (χ4v) is 3.23. The van der Waals surface area contributed by atoms with Crippen LogP contribution in [0.1, 0.15) is 55.8 Å². The van der Waals surface area contributed by atoms with Crippen molar-refractivity contribution in [1.29, 1.82) is 0 Å². The van der Waals surface area contributed by atoms with Gasteiger partial charge >= 0.3 is 5.97 Å². The maximum absolute atomic E-state index is 11.9. The molecule has 1 aliphatic heterocycles. The van der Waals surface area contributed by atoms with Crippen LogP contribution in [0.4, 0.5) is 0 Å². The van der Waals surface area contributed by atoms with Crippen LogP contribution in [0, 0.1) is 0 Å². The third-order valence-corrected chi connectivity index (χ3v) is 4.48. The van der Waals surface area contributed by atoms with E-state index in [1.807, 2.05) is 18.2 Å². The monoisotopic (exact) mass is 315 g/mol. The Bertz CT molecular complexity index is 484. The fraction of sp³-hybridized carbons (Fsp3) is 0.550. The molecule has 1 aromatic rings. The molecule has 0 aliphatic carbocycles. The molecule has 0 aromatic heterocycles. The van der Waals surface area contributed by atoms with Crippen LogP contribution in [-0.4, -0.2) is 36.6 Å². The highest BCUT2D eigenvalue weighted by Crippen LogP contribution is 2.21. The van der Waals surface area contributed by atoms with E-state index < -0.39 is 0 Å². The Morgan fingerprint density at radius 3 is 2.91 bits per heavy atom. The van der Waals surface area contributed by atoms with Gasteiger partial charge in [-0.25, -0.2) is 4.79 Å². The molecule has 1 saturated heterocycles. The van der Waals surface area contributed by atoms with E-state index in [0.29, 0.717) is 18.2 Å². The Kier molecular flexibility index (Phi) is 7.88. The standard InChI is InChI=1S/C20H29NO2/c1-2-3-5-13-19-14-8-9-15-21(19)16-10-17-23-20(22)18-11-6-4-7-12-18/h2-4,6-7,11-12,19H,5,8-10,13-17H2,1H3/b3-2+. The minimum absolute atomic E-state index is 0.214. The number of likely N-dealkylation sites (tertiary alicyclic amines) is 1. The molecule has 3 nitrogen and oxygen atoms in total. The van der Waals surface area contributed by atoms with Gasteiger partial charge in [-0.15, -0.1) is 0 Å². The summed E-state index contributed by atoms with van der Waals surface area (Å²) >= 11 is 0. The van der Waals surface area contributed by atoms with Gasteiger partial charge in [0.05, 0.1) is 12.2 Å². The molecule has 0 N–H and O–H groups in total. The van der Waals surface area contributed by atoms with Crippen molar-refractivity contribution in [3.63, 3.8) is 0 Å². The van der Waals surface area contributed by atoms with Crippen LogP contribution in [0.2, 0.25) is 0 Å². The van der Waals surface area contributed by atoms with E-state index in [1.54, 1.807) is 12.1 Å². The molecule has 0 spiro atoms. The first-order valence-electron chi connectivity index (χ1n) is 8.88. The van der Waals surface area contributed by atoms with Gasteiger partial charge in [0, 0.05) is 12.6 Å². The molecule has 23 heavy (non-hydrogen) atoms. The lowest BCUT2D eigenvalue weighted by atomic mass is 9.97. The largest absolute Gasteiger partial charge is 0.462 e. The zero-order valence-corrected chi connectivity index (χ0v) is 14.2. The molecule has 0 radical (unpaired) electrons. The first-order chi connectivity index (χ1) is 11.3. The lowest BCUT2D eigenvalue weighted by Crippen LogP contribution is -2.40. The quantitative estimate of drug-likeness (QED) is 0.403. The molecular formula is C20H29NO2. The van der Waals surface area contributed by atoms with E-state index >= 15 is 0 Å². The number of piperidine rings is 1. The summed E-state index contributed by atoms with van der Waals surface area (Å²) in [6.45, 7) is 4.81. The van der Waals surface area contributed by atoms with Crippen molar-refractivity contribution in [2.45, 2.75) is 51.5 Å². The molecule has 0 bridgehead atoms. The third-order valence-electron chi connectivity index (χ3n) is 4.48. The number of esters is 1. The van der Waals surface area contributed by atoms with Gasteiger partial charge in [0.1, 0.15) is 0 Å². The highest BCUT2D eigenvalue weighted by molar-refractivity contribution is 5.89. The van der Waals surface area contributed by atoms with Gasteiger partial charge in [0.25, 0.3) is 0 Å². The summed E-state index contributed by atoms with van der Waals surface area (Å²) in [5, 5.41) is 0. The van der Waals surface area contributed by atoms with Crippen molar-refractivity contribution in [3.8, 4) is 0 Å². The first kappa shape index (κ1) is 17.7. The zero-order valence-electron chi connectivity index (χ0n) is 14.2. The van der Waals surface area contributed by atoms with E-state index in [0.717, 1.165) is 13.0 Å². The van der Waals surface area contributed by atoms with E-state index in [4.69, 9.17) is 4.74 Å². The minimum Gasteiger partial charge on any atom is -0.462 e. The summed E-state index contributed by atoms with van der Waals surface area (Å²) in [5.41, 5.74) is 0.634. The molecule has 1 heterocycles. The molecular weight excluding hydrogens is 286 g/mol. The average molecular weight is 315 g/mol. The number of carbonyl (C=O) groups excluding carboxylic acids is 1. The van der Waals surface area contributed by atoms with Gasteiger partial charge in [-0.3, -0.25) is 0 Å². The smallest absolute Gasteiger partial charge is 0.338 e. The number of hydrogen-bond donors (Lipinski definition) is 0. The molecule has 126 valence electrons. The normalized spacial score (nSPS) is 19.1. The van der Waals surface area contributed by atoms with Gasteiger partial charge in [-0.1, -0.05) is 36.8 Å². The lowest BCUT2D eigenvalue weighted by Gasteiger charge is -2.35. The molecule has 1 atom stereocenters. The zero-order chi connectivity index (χ0) is 16.3. The predicted octanol–water partition coefficient (Wildman–Crippen LogP) is 4.44. The summed E-state index contributed by atoms with van der Waals surface area (Å²) in [4.78, 5) is 14.5. The molecule has 1 fully saturated rings. The highest BCUT2D eigenvalue weighted by atomic mass is 16.5. The van der Waals surface area contributed by atoms with E-state index in [9.17, 15) is 4.79 Å². The fourth-order valence-electron chi connectivity index (χ4n) is 3.23. The van der Waals surface area contributed by atoms with Gasteiger partial charge in [0.15, 0.2) is 0 Å². The molecule has 0 amide bonds. The van der Waals surface area contributed by atoms with Crippen LogP contribution in [-0.2, 0) is 4.74 Å². The van der Waals surface area contributed by atoms with Crippen LogP contribution >= 0.6 is 0 Å². The molecule has 3 heteroatoms. The van der Waals surface area contributed by atoms with Crippen molar-refractivity contribution in [1.82, 2.24) is 4.90 Å². The van der Waals surface area contributed by atoms with Gasteiger partial charge in [0.2, 0.25) is 0 Å². The van der Waals surface area contributed by atoms with Crippen LogP contribution in [0.25, 0.3) is 0 Å². The molecule has 2 rings (SSSR count). The second-order valence-corrected chi connectivity index (χ2v) is 6.19. The van der Waals surface area contributed by atoms with E-state index in [-0.39, 0.29) is 5.97 Å². The van der Waals surface area contributed by atoms with Crippen molar-refractivity contribution in [2.24, 2.45) is 0 Å². The van der Waals surface area contributed by atoms with Crippen LogP contribution in [0.5, 0.6) is 0 Å². The summed E-state index contributed by atoms with van der Waals surface area (Å²) in [7, 11) is 0. The van der Waals surface area contributed by atoms with E-state index in [1.165, 1.54) is 38.6 Å². The molecule has 1 aromatic carbocycles. The van der Waals surface area contributed by atoms with Crippen molar-refractivity contribution >= 4 is 5.97 Å². The maximum Gasteiger partial charge on any atom is 0.338 e. The van der Waals surface area contributed by atoms with Crippen LogP contribution < -0.4 is 0 Å². The number of ether oxygens (including phenoxy) is 1. The van der Waals surface area contributed by atoms with Gasteiger partial charge in [-0.05, 0) is 57.7 Å². The third kappa shape index (κ3) is 6.19. The number of carbonyl (C=O) groups is 1. The Labute approximate surface area is 140 Å². The lowest BCUT2D eigenvalue weighted by molar-refractivity contribution is 0.0470. The number of nitrogens with zero attached hydrogens (tertiary/aromatic N) is 1. The number of allylic oxidation sites excluding steroid dienone is 2. The molecule has 1 aliphatic rings. The predicted molar refractivity (Wildman–Crippen MR) is 94.6 cm³/mol. The second kappa shape index (κ2) is 10.2. The SMILES string of the molecule is C/C=C/CCC1CCCCN1CCCOC(=O)c1ccccc1. The number of benzene rings is 1. The Balaban J connectivity index is 1.68. The summed E-state index contributed by atoms with van der Waals surface area (Å²) in [6, 6.07) is 9.92. The van der Waals surface area contributed by atoms with Crippen LogP contribution in [0.15, 0.2) is 42.5 Å². The van der Waals surface area contributed by atoms with Crippen molar-refractivity contribution < 1.29 is 9.53 Å². The second-order valence-electron chi connectivity index (χ2n) is 6.19. The minimum atomic E-state index is -0.214. The van der Waals surface area contributed by atoms with E-state index in [2.05, 4.69) is 24.0 Å². The van der Waals surface area contributed by atoms with Crippen molar-refractivity contribution in [2.75, 3.05) is 19.7 Å². The first-order valence-corrected chi connectivity index (χ1v) is 8.88. The maximum atomic E-state index is 11.9. The van der Waals surface area contributed by atoms with Crippen LogP contribution in [0.3, 0.4) is 0 Å². The average Bonchev–Trinajstić information content (AvgIpc) is 2.60. The van der Waals surface area contributed by atoms with Gasteiger partial charge < -0.3 is 9.64 Å². The Hall–Kier alpha value is -1.61. The topological polar surface area (TPSA) is 29.5 Å². The Morgan fingerprint density at radius 2 is 2.13 bits per heavy atom.